The maximum absolute atomic E-state index is 2.37. The van der Waals surface area contributed by atoms with Crippen LogP contribution >= 0.6 is 0 Å². The average molecular weight is 172 g/mol. The highest BCUT2D eigenvalue weighted by atomic mass is 29.2. The third-order valence-electron chi connectivity index (χ3n) is 1.38. The van der Waals surface area contributed by atoms with Gasteiger partial charge in [0.1, 0.15) is 18.4 Å². The lowest BCUT2D eigenvalue weighted by Gasteiger charge is -2.16. The summed E-state index contributed by atoms with van der Waals surface area (Å²) in [5.41, 5.74) is 0. The van der Waals surface area contributed by atoms with Crippen LogP contribution in [-0.4, -0.2) is 54.7 Å². The molecule has 0 aromatic carbocycles. The first kappa shape index (κ1) is 10.4. The van der Waals surface area contributed by atoms with E-state index in [1.165, 1.54) is 13.1 Å². The molecule has 0 aromatic heterocycles. The number of hydrogen-bond donors (Lipinski definition) is 0. The SMILES string of the molecule is CCN(C)[Si][Si]N(C)CC. The van der Waals surface area contributed by atoms with Crippen LogP contribution in [0.2, 0.25) is 0 Å². The molecule has 0 unspecified atom stereocenters. The Morgan fingerprint density at radius 2 is 1.20 bits per heavy atom. The molecule has 0 N–H and O–H groups in total. The minimum Gasteiger partial charge on any atom is -0.330 e. The van der Waals surface area contributed by atoms with Crippen LogP contribution in [0.3, 0.4) is 0 Å². The number of hydrogen-bond acceptors (Lipinski definition) is 2. The highest BCUT2D eigenvalue weighted by molar-refractivity contribution is 6.97. The van der Waals surface area contributed by atoms with Crippen molar-refractivity contribution in [2.75, 3.05) is 27.2 Å². The van der Waals surface area contributed by atoms with E-state index in [1.807, 2.05) is 0 Å². The van der Waals surface area contributed by atoms with E-state index in [-0.39, 0.29) is 0 Å². The Bertz CT molecular complexity index is 70.1. The molecule has 0 atom stereocenters. The number of nitrogens with zero attached hydrogens (tertiary/aromatic N) is 2. The molecule has 0 amide bonds. The van der Waals surface area contributed by atoms with Crippen LogP contribution < -0.4 is 0 Å². The molecule has 0 bridgehead atoms. The first-order chi connectivity index (χ1) is 4.70. The van der Waals surface area contributed by atoms with Crippen molar-refractivity contribution in [3.8, 4) is 0 Å². The lowest BCUT2D eigenvalue weighted by molar-refractivity contribution is 0.554. The lowest BCUT2D eigenvalue weighted by atomic mass is 10.8. The summed E-state index contributed by atoms with van der Waals surface area (Å²) >= 11 is 0. The highest BCUT2D eigenvalue weighted by Gasteiger charge is 2.00. The fourth-order valence-corrected chi connectivity index (χ4v) is 2.96. The van der Waals surface area contributed by atoms with Crippen molar-refractivity contribution < 1.29 is 0 Å². The van der Waals surface area contributed by atoms with Crippen LogP contribution in [0.4, 0.5) is 0 Å². The molecule has 58 valence electrons. The molecule has 0 rings (SSSR count). The van der Waals surface area contributed by atoms with E-state index in [0.29, 0.717) is 0 Å². The average Bonchev–Trinajstić information content (AvgIpc) is 1.99. The highest BCUT2D eigenvalue weighted by Crippen LogP contribution is 1.78. The predicted octanol–water partition coefficient (Wildman–Crippen LogP) is 0.0432. The van der Waals surface area contributed by atoms with Gasteiger partial charge < -0.3 is 9.13 Å². The maximum Gasteiger partial charge on any atom is 0.143 e. The van der Waals surface area contributed by atoms with Gasteiger partial charge in [-0.1, -0.05) is 13.8 Å². The summed E-state index contributed by atoms with van der Waals surface area (Å²) in [5, 5.41) is 0. The summed E-state index contributed by atoms with van der Waals surface area (Å²) in [6.07, 6.45) is 0. The Balaban J connectivity index is 3.17. The fraction of sp³-hybridized carbons (Fsp3) is 1.00. The molecule has 2 nitrogen and oxygen atoms in total. The van der Waals surface area contributed by atoms with Gasteiger partial charge >= 0.3 is 0 Å². The van der Waals surface area contributed by atoms with Gasteiger partial charge in [0.15, 0.2) is 0 Å². The van der Waals surface area contributed by atoms with Gasteiger partial charge in [-0.15, -0.1) is 0 Å². The second kappa shape index (κ2) is 6.09. The predicted molar refractivity (Wildman–Crippen MR) is 48.1 cm³/mol. The molecule has 4 radical (unpaired) electrons. The molecule has 0 aromatic rings. The van der Waals surface area contributed by atoms with Gasteiger partial charge in [0.2, 0.25) is 0 Å². The summed E-state index contributed by atoms with van der Waals surface area (Å²) < 4.78 is 4.73. The van der Waals surface area contributed by atoms with Gasteiger partial charge in [-0.25, -0.2) is 0 Å². The van der Waals surface area contributed by atoms with E-state index in [0.717, 1.165) is 18.4 Å². The summed E-state index contributed by atoms with van der Waals surface area (Å²) in [7, 11) is 6.31. The van der Waals surface area contributed by atoms with Crippen molar-refractivity contribution in [3.63, 3.8) is 0 Å². The molecule has 0 heterocycles. The molecule has 10 heavy (non-hydrogen) atoms. The molecule has 0 aliphatic rings. The topological polar surface area (TPSA) is 6.48 Å². The minimum atomic E-state index is 0.980. The molecule has 4 heteroatoms. The van der Waals surface area contributed by atoms with Crippen LogP contribution in [-0.2, 0) is 0 Å². The molecule has 0 saturated heterocycles. The third kappa shape index (κ3) is 5.16. The van der Waals surface area contributed by atoms with E-state index in [4.69, 9.17) is 0 Å². The standard InChI is InChI=1S/C6H16N2Si2/c1-5-7(3)9-10-8(4)6-2/h5-6H2,1-4H3. The molecule has 0 aliphatic heterocycles. The molecule has 0 spiro atoms. The zero-order valence-corrected chi connectivity index (χ0v) is 9.31. The van der Waals surface area contributed by atoms with Crippen molar-refractivity contribution in [1.82, 2.24) is 9.13 Å². The van der Waals surface area contributed by atoms with Crippen molar-refractivity contribution >= 4 is 18.4 Å². The van der Waals surface area contributed by atoms with Gasteiger partial charge in [-0.3, -0.25) is 0 Å². The molecular formula is C6H16N2Si2. The first-order valence-corrected chi connectivity index (χ1v) is 6.53. The van der Waals surface area contributed by atoms with Crippen LogP contribution in [0.15, 0.2) is 0 Å². The van der Waals surface area contributed by atoms with Crippen LogP contribution in [0.25, 0.3) is 0 Å². The second-order valence-corrected chi connectivity index (χ2v) is 5.57. The normalized spacial score (nSPS) is 11.4. The van der Waals surface area contributed by atoms with Crippen LogP contribution in [0.5, 0.6) is 0 Å². The van der Waals surface area contributed by atoms with Gasteiger partial charge in [-0.05, 0) is 27.2 Å². The molecule has 0 fully saturated rings. The Labute approximate surface area is 69.2 Å². The monoisotopic (exact) mass is 172 g/mol. The van der Waals surface area contributed by atoms with Gasteiger partial charge in [0, 0.05) is 0 Å². The van der Waals surface area contributed by atoms with Crippen molar-refractivity contribution in [3.05, 3.63) is 0 Å². The fourth-order valence-electron chi connectivity index (χ4n) is 0.329. The van der Waals surface area contributed by atoms with Gasteiger partial charge in [-0.2, -0.15) is 0 Å². The smallest absolute Gasteiger partial charge is 0.143 e. The molecule has 0 aliphatic carbocycles. The Morgan fingerprint density at radius 1 is 0.900 bits per heavy atom. The second-order valence-electron chi connectivity index (χ2n) is 2.25. The molecule has 0 saturated carbocycles. The van der Waals surface area contributed by atoms with Crippen molar-refractivity contribution in [2.45, 2.75) is 13.8 Å². The third-order valence-corrected chi connectivity index (χ3v) is 5.47. The molecular weight excluding hydrogens is 156 g/mol. The summed E-state index contributed by atoms with van der Waals surface area (Å²) in [6, 6.07) is 0. The van der Waals surface area contributed by atoms with E-state index in [2.05, 4.69) is 37.1 Å². The van der Waals surface area contributed by atoms with Crippen LogP contribution in [0, 0.1) is 0 Å². The Hall–Kier alpha value is 0.354. The minimum absolute atomic E-state index is 0.980. The van der Waals surface area contributed by atoms with Crippen molar-refractivity contribution in [1.29, 1.82) is 0 Å². The summed E-state index contributed by atoms with van der Waals surface area (Å²) in [6.45, 7) is 6.73. The largest absolute Gasteiger partial charge is 0.330 e. The maximum atomic E-state index is 2.37. The summed E-state index contributed by atoms with van der Waals surface area (Å²) in [5.74, 6) is 0. The number of rotatable bonds is 5. The summed E-state index contributed by atoms with van der Waals surface area (Å²) in [4.78, 5) is 0. The van der Waals surface area contributed by atoms with E-state index < -0.39 is 0 Å². The van der Waals surface area contributed by atoms with Crippen LogP contribution in [0.1, 0.15) is 13.8 Å². The Morgan fingerprint density at radius 3 is 1.40 bits per heavy atom. The van der Waals surface area contributed by atoms with E-state index in [9.17, 15) is 0 Å². The van der Waals surface area contributed by atoms with Crippen molar-refractivity contribution in [2.24, 2.45) is 0 Å². The zero-order chi connectivity index (χ0) is 7.98. The zero-order valence-electron chi connectivity index (χ0n) is 7.31. The first-order valence-electron chi connectivity index (χ1n) is 3.64. The van der Waals surface area contributed by atoms with Gasteiger partial charge in [0.25, 0.3) is 0 Å². The Kier molecular flexibility index (Phi) is 6.30. The van der Waals surface area contributed by atoms with E-state index >= 15 is 0 Å². The van der Waals surface area contributed by atoms with Gasteiger partial charge in [0.05, 0.1) is 0 Å². The lowest BCUT2D eigenvalue weighted by Crippen LogP contribution is -2.36. The quantitative estimate of drug-likeness (QED) is 0.541. The van der Waals surface area contributed by atoms with E-state index in [1.54, 1.807) is 0 Å².